The lowest BCUT2D eigenvalue weighted by Crippen LogP contribution is -2.51. The van der Waals surface area contributed by atoms with Gasteiger partial charge in [-0.05, 0) is 37.1 Å². The van der Waals surface area contributed by atoms with Crippen molar-refractivity contribution in [2.24, 2.45) is 0 Å². The number of anilines is 1. The molecule has 0 saturated carbocycles. The van der Waals surface area contributed by atoms with Crippen molar-refractivity contribution in [3.05, 3.63) is 54.6 Å². The minimum absolute atomic E-state index is 0.0642. The molecule has 0 unspecified atom stereocenters. The smallest absolute Gasteiger partial charge is 0.238 e. The van der Waals surface area contributed by atoms with Crippen molar-refractivity contribution in [1.29, 1.82) is 0 Å². The van der Waals surface area contributed by atoms with Crippen molar-refractivity contribution in [2.45, 2.75) is 12.8 Å². The minimum Gasteiger partial charge on any atom is -0.455 e. The van der Waals surface area contributed by atoms with Crippen LogP contribution >= 0.6 is 0 Å². The number of hydrogen-bond donors (Lipinski definition) is 1. The third-order valence-corrected chi connectivity index (χ3v) is 5.78. The zero-order chi connectivity index (χ0) is 21.5. The van der Waals surface area contributed by atoms with Gasteiger partial charge in [-0.3, -0.25) is 19.4 Å². The second kappa shape index (κ2) is 10.4. The van der Waals surface area contributed by atoms with E-state index in [0.29, 0.717) is 24.5 Å². The zero-order valence-electron chi connectivity index (χ0n) is 17.8. The Balaban J connectivity index is 1.24. The van der Waals surface area contributed by atoms with E-state index < -0.39 is 0 Å². The maximum absolute atomic E-state index is 12.6. The summed E-state index contributed by atoms with van der Waals surface area (Å²) in [5, 5.41) is 2.98. The number of likely N-dealkylation sites (tertiary alicyclic amines) is 1. The Morgan fingerprint density at radius 1 is 0.774 bits per heavy atom. The van der Waals surface area contributed by atoms with E-state index in [1.165, 1.54) is 0 Å². The Bertz CT molecular complexity index is 875. The van der Waals surface area contributed by atoms with Crippen molar-refractivity contribution in [1.82, 2.24) is 14.7 Å². The van der Waals surface area contributed by atoms with Crippen LogP contribution < -0.4 is 10.1 Å². The number of nitrogens with zero attached hydrogens (tertiary/aromatic N) is 3. The van der Waals surface area contributed by atoms with Crippen molar-refractivity contribution in [2.75, 3.05) is 57.7 Å². The van der Waals surface area contributed by atoms with Crippen LogP contribution in [0.2, 0.25) is 0 Å². The standard InChI is InChI=1S/C24H30N4O3/c29-23(25-21-10-4-5-11-22(21)31-20-8-2-1-3-9-20)18-26-14-16-27(17-15-26)19-24(30)28-12-6-7-13-28/h1-5,8-11H,6-7,12-19H2,(H,25,29). The molecule has 0 bridgehead atoms. The molecule has 2 aliphatic rings. The lowest BCUT2D eigenvalue weighted by Gasteiger charge is -2.34. The molecule has 0 aromatic heterocycles. The third-order valence-electron chi connectivity index (χ3n) is 5.78. The molecule has 0 radical (unpaired) electrons. The predicted molar refractivity (Wildman–Crippen MR) is 120 cm³/mol. The number of para-hydroxylation sites is 3. The largest absolute Gasteiger partial charge is 0.455 e. The van der Waals surface area contributed by atoms with Crippen LogP contribution in [0.25, 0.3) is 0 Å². The fourth-order valence-electron chi connectivity index (χ4n) is 4.03. The van der Waals surface area contributed by atoms with E-state index in [9.17, 15) is 9.59 Å². The van der Waals surface area contributed by atoms with Crippen LogP contribution in [-0.4, -0.2) is 78.9 Å². The summed E-state index contributed by atoms with van der Waals surface area (Å²) in [5.74, 6) is 1.51. The first-order valence-electron chi connectivity index (χ1n) is 11.0. The van der Waals surface area contributed by atoms with E-state index in [2.05, 4.69) is 15.1 Å². The van der Waals surface area contributed by atoms with Crippen LogP contribution in [-0.2, 0) is 9.59 Å². The van der Waals surface area contributed by atoms with Crippen LogP contribution in [0.5, 0.6) is 11.5 Å². The number of hydrogen-bond acceptors (Lipinski definition) is 5. The summed E-state index contributed by atoms with van der Waals surface area (Å²) in [6.07, 6.45) is 2.24. The van der Waals surface area contributed by atoms with Gasteiger partial charge in [0.2, 0.25) is 11.8 Å². The van der Waals surface area contributed by atoms with Gasteiger partial charge < -0.3 is 15.0 Å². The summed E-state index contributed by atoms with van der Waals surface area (Å²) < 4.78 is 5.92. The third kappa shape index (κ3) is 6.06. The maximum Gasteiger partial charge on any atom is 0.238 e. The number of carbonyl (C=O) groups excluding carboxylic acids is 2. The lowest BCUT2D eigenvalue weighted by atomic mass is 10.2. The van der Waals surface area contributed by atoms with E-state index in [4.69, 9.17) is 4.74 Å². The van der Waals surface area contributed by atoms with Crippen molar-refractivity contribution >= 4 is 17.5 Å². The Hall–Kier alpha value is -2.90. The normalized spacial score (nSPS) is 17.5. The minimum atomic E-state index is -0.0642. The monoisotopic (exact) mass is 422 g/mol. The number of benzene rings is 2. The molecule has 31 heavy (non-hydrogen) atoms. The van der Waals surface area contributed by atoms with Gasteiger partial charge in [-0.1, -0.05) is 30.3 Å². The predicted octanol–water partition coefficient (Wildman–Crippen LogP) is 2.66. The van der Waals surface area contributed by atoms with Crippen molar-refractivity contribution in [3.63, 3.8) is 0 Å². The average Bonchev–Trinajstić information content (AvgIpc) is 3.32. The molecule has 2 amide bonds. The number of rotatable bonds is 7. The molecule has 0 spiro atoms. The van der Waals surface area contributed by atoms with E-state index >= 15 is 0 Å². The van der Waals surface area contributed by atoms with E-state index in [1.807, 2.05) is 59.5 Å². The topological polar surface area (TPSA) is 65.1 Å². The summed E-state index contributed by atoms with van der Waals surface area (Å²) in [5.41, 5.74) is 0.659. The number of nitrogens with one attached hydrogen (secondary N) is 1. The fraction of sp³-hybridized carbons (Fsp3) is 0.417. The van der Waals surface area contributed by atoms with Gasteiger partial charge in [-0.2, -0.15) is 0 Å². The summed E-state index contributed by atoms with van der Waals surface area (Å²) in [7, 11) is 0. The van der Waals surface area contributed by atoms with Gasteiger partial charge in [0.25, 0.3) is 0 Å². The first kappa shape index (κ1) is 21.3. The molecule has 164 valence electrons. The number of ether oxygens (including phenoxy) is 1. The molecule has 2 saturated heterocycles. The molecule has 7 heteroatoms. The Morgan fingerprint density at radius 3 is 2.10 bits per heavy atom. The molecule has 2 fully saturated rings. The molecule has 2 aliphatic heterocycles. The first-order valence-corrected chi connectivity index (χ1v) is 11.0. The highest BCUT2D eigenvalue weighted by Gasteiger charge is 2.24. The van der Waals surface area contributed by atoms with E-state index in [-0.39, 0.29) is 11.8 Å². The molecule has 0 atom stereocenters. The number of amides is 2. The summed E-state index contributed by atoms with van der Waals surface area (Å²) in [6.45, 7) is 5.79. The van der Waals surface area contributed by atoms with Crippen LogP contribution in [0.15, 0.2) is 54.6 Å². The van der Waals surface area contributed by atoms with Crippen LogP contribution in [0.3, 0.4) is 0 Å². The maximum atomic E-state index is 12.6. The van der Waals surface area contributed by atoms with Crippen molar-refractivity contribution in [3.8, 4) is 11.5 Å². The first-order chi connectivity index (χ1) is 15.2. The number of carbonyl (C=O) groups is 2. The van der Waals surface area contributed by atoms with Gasteiger partial charge in [-0.15, -0.1) is 0 Å². The Kier molecular flexibility index (Phi) is 7.17. The van der Waals surface area contributed by atoms with Gasteiger partial charge in [0.1, 0.15) is 5.75 Å². The Labute approximate surface area is 183 Å². The molecule has 2 heterocycles. The molecule has 1 N–H and O–H groups in total. The molecule has 2 aromatic rings. The van der Waals surface area contributed by atoms with Crippen LogP contribution in [0.4, 0.5) is 5.69 Å². The average molecular weight is 423 g/mol. The zero-order valence-corrected chi connectivity index (χ0v) is 17.8. The van der Waals surface area contributed by atoms with E-state index in [1.54, 1.807) is 0 Å². The van der Waals surface area contributed by atoms with Gasteiger partial charge in [-0.25, -0.2) is 0 Å². The SMILES string of the molecule is O=C(CN1CCN(CC(=O)N2CCCC2)CC1)Nc1ccccc1Oc1ccccc1. The summed E-state index contributed by atoms with van der Waals surface area (Å²) >= 11 is 0. The lowest BCUT2D eigenvalue weighted by molar-refractivity contribution is -0.132. The molecule has 0 aliphatic carbocycles. The van der Waals surface area contributed by atoms with Gasteiger partial charge in [0.05, 0.1) is 18.8 Å². The highest BCUT2D eigenvalue weighted by atomic mass is 16.5. The Morgan fingerprint density at radius 2 is 1.39 bits per heavy atom. The van der Waals surface area contributed by atoms with Crippen LogP contribution in [0, 0.1) is 0 Å². The highest BCUT2D eigenvalue weighted by Crippen LogP contribution is 2.29. The molecule has 4 rings (SSSR count). The van der Waals surface area contributed by atoms with Gasteiger partial charge in [0, 0.05) is 39.3 Å². The van der Waals surface area contributed by atoms with E-state index in [0.717, 1.165) is 57.9 Å². The highest BCUT2D eigenvalue weighted by molar-refractivity contribution is 5.93. The van der Waals surface area contributed by atoms with Crippen LogP contribution in [0.1, 0.15) is 12.8 Å². The molecular formula is C24H30N4O3. The fourth-order valence-corrected chi connectivity index (χ4v) is 4.03. The number of piperazine rings is 1. The van der Waals surface area contributed by atoms with Gasteiger partial charge in [0.15, 0.2) is 5.75 Å². The molecule has 2 aromatic carbocycles. The second-order valence-electron chi connectivity index (χ2n) is 8.10. The second-order valence-corrected chi connectivity index (χ2v) is 8.10. The quantitative estimate of drug-likeness (QED) is 0.743. The summed E-state index contributed by atoms with van der Waals surface area (Å²) in [6, 6.07) is 17.0. The summed E-state index contributed by atoms with van der Waals surface area (Å²) in [4.78, 5) is 31.3. The molecule has 7 nitrogen and oxygen atoms in total. The van der Waals surface area contributed by atoms with Gasteiger partial charge >= 0.3 is 0 Å². The van der Waals surface area contributed by atoms with Crippen molar-refractivity contribution < 1.29 is 14.3 Å². The molecular weight excluding hydrogens is 392 g/mol.